The Morgan fingerprint density at radius 1 is 1.34 bits per heavy atom. The van der Waals surface area contributed by atoms with Crippen LogP contribution in [0, 0.1) is 0 Å². The average molecular weight is 451 g/mol. The second-order valence-electron chi connectivity index (χ2n) is 7.87. The molecule has 0 bridgehead atoms. The maximum Gasteiger partial charge on any atom is 0.314 e. The molecule has 0 aromatic carbocycles. The van der Waals surface area contributed by atoms with Crippen molar-refractivity contribution in [1.29, 1.82) is 0 Å². The summed E-state index contributed by atoms with van der Waals surface area (Å²) in [6, 6.07) is 1.72. The largest absolute Gasteiger partial charge is 0.351 e. The number of amides is 2. The van der Waals surface area contributed by atoms with Crippen molar-refractivity contribution in [2.45, 2.75) is 31.7 Å². The number of urea groups is 1. The molecular formula is C24H27ClN6O. The smallest absolute Gasteiger partial charge is 0.314 e. The zero-order valence-electron chi connectivity index (χ0n) is 17.9. The van der Waals surface area contributed by atoms with Crippen molar-refractivity contribution >= 4 is 28.5 Å². The van der Waals surface area contributed by atoms with Crippen molar-refractivity contribution in [2.24, 2.45) is 5.73 Å². The Labute approximate surface area is 192 Å². The first-order valence-corrected chi connectivity index (χ1v) is 11.1. The molecule has 3 N–H and O–H groups in total. The molecule has 3 aromatic heterocycles. The van der Waals surface area contributed by atoms with E-state index in [4.69, 9.17) is 17.3 Å². The number of nitrogens with two attached hydrogens (primary N) is 1. The summed E-state index contributed by atoms with van der Waals surface area (Å²) in [5.74, 6) is 0.307. The maximum absolute atomic E-state index is 11.6. The number of piperidine rings is 1. The van der Waals surface area contributed by atoms with E-state index in [1.54, 1.807) is 4.90 Å². The molecule has 0 saturated carbocycles. The van der Waals surface area contributed by atoms with Crippen LogP contribution in [0.3, 0.4) is 0 Å². The molecule has 8 heteroatoms. The van der Waals surface area contributed by atoms with Crippen LogP contribution < -0.4 is 5.73 Å². The Morgan fingerprint density at radius 2 is 2.16 bits per heavy atom. The number of nitrogens with one attached hydrogen (secondary N) is 1. The molecule has 7 nitrogen and oxygen atoms in total. The van der Waals surface area contributed by atoms with Crippen molar-refractivity contribution in [1.82, 2.24) is 24.6 Å². The summed E-state index contributed by atoms with van der Waals surface area (Å²) in [5.41, 5.74) is 9.98. The van der Waals surface area contributed by atoms with Gasteiger partial charge in [0.25, 0.3) is 0 Å². The zero-order valence-corrected chi connectivity index (χ0v) is 18.6. The molecule has 0 radical (unpaired) electrons. The highest BCUT2D eigenvalue weighted by molar-refractivity contribution is 6.31. The van der Waals surface area contributed by atoms with Gasteiger partial charge in [-0.05, 0) is 42.9 Å². The van der Waals surface area contributed by atoms with Gasteiger partial charge in [-0.25, -0.2) is 4.79 Å². The van der Waals surface area contributed by atoms with Gasteiger partial charge in [0, 0.05) is 48.0 Å². The molecule has 2 amide bonds. The Hall–Kier alpha value is -3.32. The monoisotopic (exact) mass is 450 g/mol. The molecule has 3 aromatic rings. The summed E-state index contributed by atoms with van der Waals surface area (Å²) >= 11 is 6.30. The van der Waals surface area contributed by atoms with Crippen LogP contribution in [0.2, 0.25) is 0 Å². The van der Waals surface area contributed by atoms with Gasteiger partial charge in [-0.2, -0.15) is 5.10 Å². The Morgan fingerprint density at radius 3 is 2.84 bits per heavy atom. The van der Waals surface area contributed by atoms with E-state index in [0.29, 0.717) is 30.6 Å². The number of carbonyl (C=O) groups is 1. The van der Waals surface area contributed by atoms with Crippen LogP contribution in [0.4, 0.5) is 4.79 Å². The lowest BCUT2D eigenvalue weighted by molar-refractivity contribution is 0.191. The van der Waals surface area contributed by atoms with Crippen LogP contribution in [0.25, 0.3) is 22.2 Å². The minimum atomic E-state index is -0.350. The molecule has 0 atom stereocenters. The molecule has 0 aliphatic carbocycles. The SMILES string of the molecule is C=CC/C=C(Cl)\C=C/Cn1c(-c2cn[nH]c2)c(C2CCN(C(N)=O)CC2)c2ccncc21. The van der Waals surface area contributed by atoms with E-state index in [9.17, 15) is 4.79 Å². The summed E-state index contributed by atoms with van der Waals surface area (Å²) in [6.07, 6.45) is 17.7. The van der Waals surface area contributed by atoms with Gasteiger partial charge in [0.1, 0.15) is 0 Å². The van der Waals surface area contributed by atoms with E-state index in [0.717, 1.165) is 36.0 Å². The van der Waals surface area contributed by atoms with Gasteiger partial charge in [-0.15, -0.1) is 6.58 Å². The van der Waals surface area contributed by atoms with Gasteiger partial charge in [0.05, 0.1) is 23.6 Å². The van der Waals surface area contributed by atoms with Gasteiger partial charge in [0.2, 0.25) is 0 Å². The number of halogens is 1. The van der Waals surface area contributed by atoms with Crippen LogP contribution in [-0.4, -0.2) is 43.8 Å². The molecule has 0 unspecified atom stereocenters. The fraction of sp³-hybridized carbons (Fsp3) is 0.292. The van der Waals surface area contributed by atoms with E-state index in [1.165, 1.54) is 10.9 Å². The Bertz CT molecular complexity index is 1150. The number of nitrogens with zero attached hydrogens (tertiary/aromatic N) is 4. The number of rotatable bonds is 7. The van der Waals surface area contributed by atoms with E-state index in [1.807, 2.05) is 43.0 Å². The summed E-state index contributed by atoms with van der Waals surface area (Å²) < 4.78 is 2.26. The zero-order chi connectivity index (χ0) is 22.5. The van der Waals surface area contributed by atoms with Crippen LogP contribution in [-0.2, 0) is 6.54 Å². The predicted octanol–water partition coefficient (Wildman–Crippen LogP) is 4.94. The lowest BCUT2D eigenvalue weighted by Gasteiger charge is -2.31. The lowest BCUT2D eigenvalue weighted by Crippen LogP contribution is -2.41. The van der Waals surface area contributed by atoms with Crippen LogP contribution in [0.5, 0.6) is 0 Å². The molecule has 1 aliphatic rings. The third-order valence-corrected chi connectivity index (χ3v) is 6.22. The highest BCUT2D eigenvalue weighted by Gasteiger charge is 2.29. The van der Waals surface area contributed by atoms with E-state index >= 15 is 0 Å². The Balaban J connectivity index is 1.77. The minimum absolute atomic E-state index is 0.307. The first-order valence-electron chi connectivity index (χ1n) is 10.7. The highest BCUT2D eigenvalue weighted by Crippen LogP contribution is 2.42. The quantitative estimate of drug-likeness (QED) is 0.394. The molecular weight excluding hydrogens is 424 g/mol. The standard InChI is InChI=1S/C24H27ClN6O/c1-2-3-5-19(25)6-4-11-31-21-16-27-10-7-20(21)22(23(31)18-14-28-29-15-18)17-8-12-30(13-9-17)24(26)32/h2,4-7,10,14-17H,1,3,8-9,11-13H2,(H2,26,32)(H,28,29)/b6-4-,19-5+. The van der Waals surface area contributed by atoms with Crippen LogP contribution >= 0.6 is 11.6 Å². The van der Waals surface area contributed by atoms with Crippen LogP contribution in [0.15, 0.2) is 66.8 Å². The van der Waals surface area contributed by atoms with Crippen molar-refractivity contribution in [2.75, 3.05) is 13.1 Å². The normalized spacial score (nSPS) is 15.7. The fourth-order valence-corrected chi connectivity index (χ4v) is 4.62. The maximum atomic E-state index is 11.6. The number of hydrogen-bond acceptors (Lipinski definition) is 3. The molecule has 1 aliphatic heterocycles. The highest BCUT2D eigenvalue weighted by atomic mass is 35.5. The van der Waals surface area contributed by atoms with Crippen molar-refractivity contribution in [3.8, 4) is 11.3 Å². The van der Waals surface area contributed by atoms with E-state index in [-0.39, 0.29) is 6.03 Å². The first kappa shape index (κ1) is 21.9. The van der Waals surface area contributed by atoms with Gasteiger partial charge in [-0.1, -0.05) is 29.8 Å². The topological polar surface area (TPSA) is 92.8 Å². The third-order valence-electron chi connectivity index (χ3n) is 5.94. The van der Waals surface area contributed by atoms with Gasteiger partial charge < -0.3 is 15.2 Å². The van der Waals surface area contributed by atoms with Crippen molar-refractivity contribution in [3.05, 3.63) is 72.3 Å². The lowest BCUT2D eigenvalue weighted by atomic mass is 9.86. The second kappa shape index (κ2) is 9.87. The molecule has 4 rings (SSSR count). The second-order valence-corrected chi connectivity index (χ2v) is 8.30. The summed E-state index contributed by atoms with van der Waals surface area (Å²) in [6.45, 7) is 5.68. The number of hydrogen-bond donors (Lipinski definition) is 2. The number of allylic oxidation sites excluding steroid dienone is 5. The van der Waals surface area contributed by atoms with Crippen molar-refractivity contribution in [3.63, 3.8) is 0 Å². The summed E-state index contributed by atoms with van der Waals surface area (Å²) in [5, 5.41) is 9.00. The number of likely N-dealkylation sites (tertiary alicyclic amines) is 1. The molecule has 1 fully saturated rings. The number of primary amides is 1. The third kappa shape index (κ3) is 4.48. The number of aromatic amines is 1. The summed E-state index contributed by atoms with van der Waals surface area (Å²) in [4.78, 5) is 17.7. The van der Waals surface area contributed by atoms with E-state index < -0.39 is 0 Å². The molecule has 0 spiro atoms. The average Bonchev–Trinajstić information content (AvgIpc) is 3.44. The number of aromatic nitrogens is 4. The van der Waals surface area contributed by atoms with Gasteiger partial charge >= 0.3 is 6.03 Å². The van der Waals surface area contributed by atoms with Gasteiger partial charge in [0.15, 0.2) is 0 Å². The fourth-order valence-electron chi connectivity index (χ4n) is 4.44. The molecule has 32 heavy (non-hydrogen) atoms. The van der Waals surface area contributed by atoms with Gasteiger partial charge in [-0.3, -0.25) is 10.1 Å². The molecule has 4 heterocycles. The Kier molecular flexibility index (Phi) is 6.75. The number of carbonyl (C=O) groups excluding carboxylic acids is 1. The number of pyridine rings is 1. The predicted molar refractivity (Wildman–Crippen MR) is 128 cm³/mol. The van der Waals surface area contributed by atoms with E-state index in [2.05, 4.69) is 38.5 Å². The summed E-state index contributed by atoms with van der Waals surface area (Å²) in [7, 11) is 0. The van der Waals surface area contributed by atoms with Crippen LogP contribution in [0.1, 0.15) is 30.7 Å². The minimum Gasteiger partial charge on any atom is -0.351 e. The molecule has 1 saturated heterocycles. The van der Waals surface area contributed by atoms with Crippen molar-refractivity contribution < 1.29 is 4.79 Å². The number of H-pyrrole nitrogens is 1. The first-order chi connectivity index (χ1) is 15.6. The number of fused-ring (bicyclic) bond motifs is 1. The molecule has 166 valence electrons.